The summed E-state index contributed by atoms with van der Waals surface area (Å²) in [5, 5.41) is 2.18. The lowest BCUT2D eigenvalue weighted by Crippen LogP contribution is -2.45. The molecule has 1 spiro atoms. The van der Waals surface area contributed by atoms with Gasteiger partial charge in [0, 0.05) is 43.9 Å². The first kappa shape index (κ1) is 21.0. The molecule has 1 aromatic heterocycles. The highest BCUT2D eigenvalue weighted by Gasteiger charge is 2.40. The molecule has 30 heavy (non-hydrogen) atoms. The number of alkyl halides is 3. The van der Waals surface area contributed by atoms with Gasteiger partial charge in [0.2, 0.25) is 5.95 Å². The zero-order valence-corrected chi connectivity index (χ0v) is 16.9. The van der Waals surface area contributed by atoms with Crippen molar-refractivity contribution in [2.75, 3.05) is 43.6 Å². The fourth-order valence-electron chi connectivity index (χ4n) is 3.60. The largest absolute Gasteiger partial charge is 0.494 e. The number of hydrogen-bond donors (Lipinski definition) is 1. The van der Waals surface area contributed by atoms with E-state index in [2.05, 4.69) is 20.2 Å². The van der Waals surface area contributed by atoms with Crippen LogP contribution in [0.2, 0.25) is 5.15 Å². The lowest BCUT2D eigenvalue weighted by molar-refractivity contribution is -0.169. The average Bonchev–Trinajstić information content (AvgIpc) is 3.16. The summed E-state index contributed by atoms with van der Waals surface area (Å²) in [5.74, 6) is -0.0170. The summed E-state index contributed by atoms with van der Waals surface area (Å²) in [5.41, 5.74) is 0.375. The van der Waals surface area contributed by atoms with Crippen LogP contribution in [0.25, 0.3) is 0 Å². The Bertz CT molecular complexity index is 912. The van der Waals surface area contributed by atoms with E-state index in [9.17, 15) is 13.2 Å². The summed E-state index contributed by atoms with van der Waals surface area (Å²) in [6.07, 6.45) is -2.42. The molecule has 0 amide bonds. The molecule has 0 unspecified atom stereocenters. The molecule has 2 saturated heterocycles. The molecule has 4 rings (SSSR count). The molecule has 0 radical (unpaired) electrons. The number of piperidine rings is 1. The standard InChI is InChI=1S/C19H20ClF3N4O3/c1-28-15-10-12(27-6-4-18(5-7-27)29-8-9-30-18)2-3-14(15)25-17-24-11-13(16(20)26-17)19(21,22)23/h2-3,10-11H,4-9H2,1H3,(H,24,25,26). The first-order valence-corrected chi connectivity index (χ1v) is 9.75. The van der Waals surface area contributed by atoms with Crippen LogP contribution in [0.3, 0.4) is 0 Å². The maximum Gasteiger partial charge on any atom is 0.420 e. The van der Waals surface area contributed by atoms with Crippen molar-refractivity contribution in [3.8, 4) is 5.75 Å². The van der Waals surface area contributed by atoms with Crippen LogP contribution in [0.4, 0.5) is 30.5 Å². The van der Waals surface area contributed by atoms with Crippen LogP contribution in [0.15, 0.2) is 24.4 Å². The smallest absolute Gasteiger partial charge is 0.420 e. The molecular formula is C19H20ClF3N4O3. The molecular weight excluding hydrogens is 425 g/mol. The van der Waals surface area contributed by atoms with Crippen LogP contribution >= 0.6 is 11.6 Å². The third-order valence-electron chi connectivity index (χ3n) is 5.18. The quantitative estimate of drug-likeness (QED) is 0.707. The Labute approximate surface area is 176 Å². The molecule has 0 saturated carbocycles. The molecule has 2 aliphatic heterocycles. The van der Waals surface area contributed by atoms with Crippen molar-refractivity contribution in [1.29, 1.82) is 0 Å². The number of anilines is 3. The molecule has 3 heterocycles. The van der Waals surface area contributed by atoms with Gasteiger partial charge in [0.1, 0.15) is 16.5 Å². The Kier molecular flexibility index (Phi) is 5.65. The number of methoxy groups -OCH3 is 1. The molecule has 0 aliphatic carbocycles. The SMILES string of the molecule is COc1cc(N2CCC3(CC2)OCCO3)ccc1Nc1ncc(C(F)(F)F)c(Cl)n1. The molecule has 0 bridgehead atoms. The maximum atomic E-state index is 12.8. The number of hydrogen-bond acceptors (Lipinski definition) is 7. The lowest BCUT2D eigenvalue weighted by Gasteiger charge is -2.38. The van der Waals surface area contributed by atoms with E-state index in [0.717, 1.165) is 31.6 Å². The number of ether oxygens (including phenoxy) is 3. The minimum Gasteiger partial charge on any atom is -0.494 e. The van der Waals surface area contributed by atoms with Gasteiger partial charge in [-0.25, -0.2) is 9.97 Å². The Morgan fingerprint density at radius 1 is 1.20 bits per heavy atom. The first-order chi connectivity index (χ1) is 14.3. The van der Waals surface area contributed by atoms with Crippen LogP contribution in [0.5, 0.6) is 5.75 Å². The van der Waals surface area contributed by atoms with E-state index in [1.807, 2.05) is 12.1 Å². The van der Waals surface area contributed by atoms with Crippen molar-refractivity contribution in [1.82, 2.24) is 9.97 Å². The first-order valence-electron chi connectivity index (χ1n) is 9.37. The van der Waals surface area contributed by atoms with Crippen molar-refractivity contribution in [3.63, 3.8) is 0 Å². The van der Waals surface area contributed by atoms with Crippen LogP contribution in [0, 0.1) is 0 Å². The van der Waals surface area contributed by atoms with E-state index in [1.54, 1.807) is 6.07 Å². The van der Waals surface area contributed by atoms with Crippen LogP contribution in [-0.2, 0) is 15.7 Å². The molecule has 2 aromatic rings. The van der Waals surface area contributed by atoms with Gasteiger partial charge in [-0.1, -0.05) is 11.6 Å². The van der Waals surface area contributed by atoms with Gasteiger partial charge in [0.15, 0.2) is 5.79 Å². The fraction of sp³-hybridized carbons (Fsp3) is 0.474. The zero-order chi connectivity index (χ0) is 21.4. The van der Waals surface area contributed by atoms with Crippen LogP contribution < -0.4 is 15.0 Å². The second-order valence-corrected chi connectivity index (χ2v) is 7.36. The summed E-state index contributed by atoms with van der Waals surface area (Å²) >= 11 is 5.66. The Morgan fingerprint density at radius 3 is 2.50 bits per heavy atom. The van der Waals surface area contributed by atoms with Crippen molar-refractivity contribution < 1.29 is 27.4 Å². The number of halogens is 4. The Hall–Kier alpha value is -2.30. The average molecular weight is 445 g/mol. The van der Waals surface area contributed by atoms with Crippen LogP contribution in [-0.4, -0.2) is 49.2 Å². The highest BCUT2D eigenvalue weighted by atomic mass is 35.5. The van der Waals surface area contributed by atoms with Crippen LogP contribution in [0.1, 0.15) is 18.4 Å². The van der Waals surface area contributed by atoms with Gasteiger partial charge >= 0.3 is 6.18 Å². The molecule has 2 fully saturated rings. The number of nitrogens with one attached hydrogen (secondary N) is 1. The van der Waals surface area contributed by atoms with E-state index in [1.165, 1.54) is 7.11 Å². The van der Waals surface area contributed by atoms with Gasteiger partial charge in [-0.05, 0) is 12.1 Å². The minimum atomic E-state index is -4.61. The maximum absolute atomic E-state index is 12.8. The summed E-state index contributed by atoms with van der Waals surface area (Å²) < 4.78 is 55.4. The van der Waals surface area contributed by atoms with Gasteiger partial charge in [0.25, 0.3) is 0 Å². The van der Waals surface area contributed by atoms with E-state index >= 15 is 0 Å². The van der Waals surface area contributed by atoms with E-state index < -0.39 is 22.7 Å². The third-order valence-corrected chi connectivity index (χ3v) is 5.47. The number of nitrogens with zero attached hydrogens (tertiary/aromatic N) is 3. The second-order valence-electron chi connectivity index (χ2n) is 7.00. The summed E-state index contributed by atoms with van der Waals surface area (Å²) in [4.78, 5) is 9.60. The second kappa shape index (κ2) is 8.09. The molecule has 0 atom stereocenters. The molecule has 1 aromatic carbocycles. The van der Waals surface area contributed by atoms with E-state index in [0.29, 0.717) is 30.8 Å². The minimum absolute atomic E-state index is 0.0607. The number of benzene rings is 1. The Balaban J connectivity index is 1.48. The lowest BCUT2D eigenvalue weighted by atomic mass is 10.0. The van der Waals surface area contributed by atoms with E-state index in [-0.39, 0.29) is 5.95 Å². The van der Waals surface area contributed by atoms with Gasteiger partial charge in [-0.2, -0.15) is 13.2 Å². The highest BCUT2D eigenvalue weighted by Crippen LogP contribution is 2.37. The van der Waals surface area contributed by atoms with Gasteiger partial charge < -0.3 is 24.4 Å². The highest BCUT2D eigenvalue weighted by molar-refractivity contribution is 6.30. The topological polar surface area (TPSA) is 68.7 Å². The van der Waals surface area contributed by atoms with Crippen molar-refractivity contribution in [2.24, 2.45) is 0 Å². The Morgan fingerprint density at radius 2 is 1.90 bits per heavy atom. The number of rotatable bonds is 4. The normalized spacial score (nSPS) is 18.6. The fourth-order valence-corrected chi connectivity index (χ4v) is 3.84. The van der Waals surface area contributed by atoms with Gasteiger partial charge in [0.05, 0.1) is 26.0 Å². The van der Waals surface area contributed by atoms with E-state index in [4.69, 9.17) is 25.8 Å². The molecule has 1 N–H and O–H groups in total. The summed E-state index contributed by atoms with van der Waals surface area (Å²) in [7, 11) is 1.51. The van der Waals surface area contributed by atoms with Gasteiger partial charge in [-0.15, -0.1) is 0 Å². The predicted octanol–water partition coefficient (Wildman–Crippen LogP) is 4.24. The third kappa shape index (κ3) is 4.26. The predicted molar refractivity (Wildman–Crippen MR) is 104 cm³/mol. The molecule has 11 heteroatoms. The zero-order valence-electron chi connectivity index (χ0n) is 16.1. The summed E-state index contributed by atoms with van der Waals surface area (Å²) in [6.45, 7) is 2.80. The van der Waals surface area contributed by atoms with Crippen molar-refractivity contribution in [2.45, 2.75) is 24.8 Å². The van der Waals surface area contributed by atoms with Crippen molar-refractivity contribution >= 4 is 28.9 Å². The molecule has 2 aliphatic rings. The number of aromatic nitrogens is 2. The summed E-state index contributed by atoms with van der Waals surface area (Å²) in [6, 6.07) is 5.50. The molecule has 7 nitrogen and oxygen atoms in total. The monoisotopic (exact) mass is 444 g/mol. The van der Waals surface area contributed by atoms with Crippen molar-refractivity contribution in [3.05, 3.63) is 35.1 Å². The molecule has 162 valence electrons. The van der Waals surface area contributed by atoms with Gasteiger partial charge in [-0.3, -0.25) is 0 Å².